The van der Waals surface area contributed by atoms with Crippen molar-refractivity contribution in [2.75, 3.05) is 26.4 Å². The van der Waals surface area contributed by atoms with Gasteiger partial charge in [0, 0.05) is 38.8 Å². The molecular formula is C18H30N4O4. The first-order valence-corrected chi connectivity index (χ1v) is 9.24. The Labute approximate surface area is 155 Å². The summed E-state index contributed by atoms with van der Waals surface area (Å²) in [5.41, 5.74) is 1.56. The molecule has 2 aromatic rings. The predicted molar refractivity (Wildman–Crippen MR) is 96.4 cm³/mol. The molecule has 0 spiro atoms. The smallest absolute Gasteiger partial charge is 0.202 e. The maximum atomic E-state index is 5.58. The predicted octanol–water partition coefficient (Wildman–Crippen LogP) is 2.92. The first kappa shape index (κ1) is 20.6. The molecule has 2 aromatic heterocycles. The second-order valence-electron chi connectivity index (χ2n) is 5.49. The zero-order valence-electron chi connectivity index (χ0n) is 16.1. The lowest BCUT2D eigenvalue weighted by molar-refractivity contribution is -0.143. The zero-order chi connectivity index (χ0) is 18.8. The molecule has 0 bridgehead atoms. The SMILES string of the molecule is CCOC(OCC)c1ccn(CCn2ccc(C(OCC)OCC)n2)n1. The quantitative estimate of drug-likeness (QED) is 0.508. The van der Waals surface area contributed by atoms with Crippen molar-refractivity contribution in [1.29, 1.82) is 0 Å². The zero-order valence-corrected chi connectivity index (χ0v) is 16.1. The van der Waals surface area contributed by atoms with Gasteiger partial charge < -0.3 is 18.9 Å². The molecule has 0 fully saturated rings. The number of aromatic nitrogens is 4. The molecule has 0 aliphatic rings. The molecule has 0 saturated carbocycles. The molecule has 2 rings (SSSR count). The van der Waals surface area contributed by atoms with Gasteiger partial charge in [-0.2, -0.15) is 10.2 Å². The summed E-state index contributed by atoms with van der Waals surface area (Å²) in [6, 6.07) is 3.84. The van der Waals surface area contributed by atoms with E-state index >= 15 is 0 Å². The standard InChI is InChI=1S/C18H30N4O4/c1-5-23-17(24-6-2)15-9-11-21(19-15)13-14-22-12-10-16(20-22)18(25-7-3)26-8-4/h9-12,17-18H,5-8,13-14H2,1-4H3. The highest BCUT2D eigenvalue weighted by atomic mass is 16.7. The fourth-order valence-electron chi connectivity index (χ4n) is 2.50. The molecule has 0 unspecified atom stereocenters. The summed E-state index contributed by atoms with van der Waals surface area (Å²) in [5, 5.41) is 9.08. The summed E-state index contributed by atoms with van der Waals surface area (Å²) < 4.78 is 26.0. The number of ether oxygens (including phenoxy) is 4. The van der Waals surface area contributed by atoms with Crippen molar-refractivity contribution in [3.8, 4) is 0 Å². The average Bonchev–Trinajstić information content (AvgIpc) is 3.29. The Morgan fingerprint density at radius 3 is 1.35 bits per heavy atom. The maximum absolute atomic E-state index is 5.58. The summed E-state index contributed by atoms with van der Waals surface area (Å²) in [4.78, 5) is 0. The summed E-state index contributed by atoms with van der Waals surface area (Å²) in [6.45, 7) is 11.5. The van der Waals surface area contributed by atoms with Crippen LogP contribution in [0.15, 0.2) is 24.5 Å². The van der Waals surface area contributed by atoms with Gasteiger partial charge in [-0.3, -0.25) is 9.36 Å². The largest absolute Gasteiger partial charge is 0.347 e. The van der Waals surface area contributed by atoms with Crippen LogP contribution >= 0.6 is 0 Å². The van der Waals surface area contributed by atoms with Gasteiger partial charge in [-0.05, 0) is 39.8 Å². The second kappa shape index (κ2) is 11.1. The Balaban J connectivity index is 1.93. The van der Waals surface area contributed by atoms with Crippen LogP contribution in [0.4, 0.5) is 0 Å². The molecule has 0 aliphatic carbocycles. The molecule has 0 atom stereocenters. The van der Waals surface area contributed by atoms with Crippen LogP contribution in [0, 0.1) is 0 Å². The lowest BCUT2D eigenvalue weighted by Gasteiger charge is -2.14. The first-order valence-electron chi connectivity index (χ1n) is 9.24. The maximum Gasteiger partial charge on any atom is 0.202 e. The highest BCUT2D eigenvalue weighted by Crippen LogP contribution is 2.18. The van der Waals surface area contributed by atoms with Crippen LogP contribution in [0.5, 0.6) is 0 Å². The minimum absolute atomic E-state index is 0.416. The molecule has 8 heteroatoms. The monoisotopic (exact) mass is 366 g/mol. The lowest BCUT2D eigenvalue weighted by atomic mass is 10.4. The van der Waals surface area contributed by atoms with Crippen molar-refractivity contribution in [3.63, 3.8) is 0 Å². The van der Waals surface area contributed by atoms with Gasteiger partial charge >= 0.3 is 0 Å². The van der Waals surface area contributed by atoms with E-state index in [1.165, 1.54) is 0 Å². The van der Waals surface area contributed by atoms with Crippen LogP contribution in [0.3, 0.4) is 0 Å². The van der Waals surface area contributed by atoms with E-state index in [-0.39, 0.29) is 0 Å². The molecule has 0 aliphatic heterocycles. The van der Waals surface area contributed by atoms with Gasteiger partial charge in [0.15, 0.2) is 0 Å². The first-order chi connectivity index (χ1) is 12.7. The van der Waals surface area contributed by atoms with E-state index in [4.69, 9.17) is 18.9 Å². The Morgan fingerprint density at radius 2 is 1.04 bits per heavy atom. The van der Waals surface area contributed by atoms with E-state index in [0.717, 1.165) is 11.4 Å². The molecule has 0 amide bonds. The van der Waals surface area contributed by atoms with Crippen LogP contribution in [0.1, 0.15) is 51.7 Å². The van der Waals surface area contributed by atoms with Crippen LogP contribution in [0.25, 0.3) is 0 Å². The highest BCUT2D eigenvalue weighted by Gasteiger charge is 2.16. The molecule has 146 valence electrons. The van der Waals surface area contributed by atoms with E-state index < -0.39 is 12.6 Å². The summed E-state index contributed by atoms with van der Waals surface area (Å²) >= 11 is 0. The topological polar surface area (TPSA) is 72.6 Å². The number of aryl methyl sites for hydroxylation is 2. The lowest BCUT2D eigenvalue weighted by Crippen LogP contribution is -2.13. The summed E-state index contributed by atoms with van der Waals surface area (Å²) in [7, 11) is 0. The number of nitrogens with zero attached hydrogens (tertiary/aromatic N) is 4. The minimum Gasteiger partial charge on any atom is -0.347 e. The van der Waals surface area contributed by atoms with Crippen molar-refractivity contribution in [2.45, 2.75) is 53.4 Å². The van der Waals surface area contributed by atoms with Gasteiger partial charge in [0.1, 0.15) is 11.4 Å². The van der Waals surface area contributed by atoms with Crippen molar-refractivity contribution >= 4 is 0 Å². The number of hydrogen-bond donors (Lipinski definition) is 0. The summed E-state index contributed by atoms with van der Waals surface area (Å²) in [5.74, 6) is 0. The van der Waals surface area contributed by atoms with Crippen molar-refractivity contribution in [2.24, 2.45) is 0 Å². The molecule has 8 nitrogen and oxygen atoms in total. The van der Waals surface area contributed by atoms with E-state index in [1.807, 2.05) is 61.6 Å². The third-order valence-corrected chi connectivity index (χ3v) is 3.64. The number of hydrogen-bond acceptors (Lipinski definition) is 6. The Hall–Kier alpha value is -1.74. The number of rotatable bonds is 13. The molecule has 0 saturated heterocycles. The van der Waals surface area contributed by atoms with E-state index in [2.05, 4.69) is 10.2 Å². The van der Waals surface area contributed by atoms with Gasteiger partial charge in [-0.1, -0.05) is 0 Å². The van der Waals surface area contributed by atoms with Gasteiger partial charge in [0.2, 0.25) is 12.6 Å². The van der Waals surface area contributed by atoms with Crippen molar-refractivity contribution < 1.29 is 18.9 Å². The Kier molecular flexibility index (Phi) is 8.76. The van der Waals surface area contributed by atoms with Crippen molar-refractivity contribution in [3.05, 3.63) is 35.9 Å². The van der Waals surface area contributed by atoms with Crippen LogP contribution in [-0.2, 0) is 32.0 Å². The van der Waals surface area contributed by atoms with Crippen molar-refractivity contribution in [1.82, 2.24) is 19.6 Å². The molecule has 0 radical (unpaired) electrons. The molecule has 0 aromatic carbocycles. The van der Waals surface area contributed by atoms with Crippen LogP contribution in [0.2, 0.25) is 0 Å². The molecule has 0 N–H and O–H groups in total. The van der Waals surface area contributed by atoms with Gasteiger partial charge in [-0.25, -0.2) is 0 Å². The van der Waals surface area contributed by atoms with E-state index in [9.17, 15) is 0 Å². The third kappa shape index (κ3) is 5.91. The fourth-order valence-corrected chi connectivity index (χ4v) is 2.50. The third-order valence-electron chi connectivity index (χ3n) is 3.64. The normalized spacial score (nSPS) is 11.8. The van der Waals surface area contributed by atoms with Gasteiger partial charge in [-0.15, -0.1) is 0 Å². The summed E-state index contributed by atoms with van der Waals surface area (Å²) in [6.07, 6.45) is 3.02. The van der Waals surface area contributed by atoms with Crippen LogP contribution in [-0.4, -0.2) is 46.0 Å². The Bertz CT molecular complexity index is 562. The van der Waals surface area contributed by atoms with Gasteiger partial charge in [0.05, 0.1) is 13.1 Å². The molecular weight excluding hydrogens is 336 g/mol. The Morgan fingerprint density at radius 1 is 0.692 bits per heavy atom. The minimum atomic E-state index is -0.416. The molecule has 26 heavy (non-hydrogen) atoms. The molecule has 2 heterocycles. The van der Waals surface area contributed by atoms with E-state index in [0.29, 0.717) is 39.5 Å². The van der Waals surface area contributed by atoms with Gasteiger partial charge in [0.25, 0.3) is 0 Å². The average molecular weight is 366 g/mol. The second-order valence-corrected chi connectivity index (χ2v) is 5.49. The van der Waals surface area contributed by atoms with Crippen LogP contribution < -0.4 is 0 Å². The fraction of sp³-hybridized carbons (Fsp3) is 0.667. The van der Waals surface area contributed by atoms with E-state index in [1.54, 1.807) is 0 Å². The highest BCUT2D eigenvalue weighted by molar-refractivity contribution is 5.02.